The summed E-state index contributed by atoms with van der Waals surface area (Å²) < 4.78 is 29.6. The molecule has 9 heteroatoms. The maximum Gasteiger partial charge on any atom is 0.267 e. The lowest BCUT2D eigenvalue weighted by atomic mass is 9.82. The normalized spacial score (nSPS) is 17.9. The van der Waals surface area contributed by atoms with Gasteiger partial charge in [0.25, 0.3) is 10.1 Å². The van der Waals surface area contributed by atoms with E-state index in [2.05, 4.69) is 15.4 Å². The summed E-state index contributed by atoms with van der Waals surface area (Å²) in [5.41, 5.74) is 10.5. The van der Waals surface area contributed by atoms with Gasteiger partial charge in [0.15, 0.2) is 0 Å². The molecule has 1 fully saturated rings. The third-order valence-corrected chi connectivity index (χ3v) is 7.73. The van der Waals surface area contributed by atoms with E-state index in [1.807, 2.05) is 60.7 Å². The number of nitrogen functional groups attached to an aromatic ring is 1. The zero-order valence-corrected chi connectivity index (χ0v) is 19.4. The molecule has 0 aliphatic heterocycles. The fourth-order valence-corrected chi connectivity index (χ4v) is 5.45. The smallest absolute Gasteiger partial charge is 0.267 e. The van der Waals surface area contributed by atoms with E-state index in [4.69, 9.17) is 10.7 Å². The number of anilines is 1. The molecule has 2 aromatic carbocycles. The maximum absolute atomic E-state index is 11.7. The summed E-state index contributed by atoms with van der Waals surface area (Å²) in [5.74, 6) is 0.245. The Labute approximate surface area is 197 Å². The Balaban J connectivity index is 1.47. The van der Waals surface area contributed by atoms with Crippen molar-refractivity contribution in [2.75, 3.05) is 18.6 Å². The summed E-state index contributed by atoms with van der Waals surface area (Å²) in [6, 6.07) is 21.9. The molecule has 0 atom stereocenters. The highest BCUT2D eigenvalue weighted by Crippen LogP contribution is 2.41. The first-order valence-electron chi connectivity index (χ1n) is 10.9. The topological polar surface area (TPSA) is 124 Å². The van der Waals surface area contributed by atoms with E-state index in [1.54, 1.807) is 4.68 Å². The van der Waals surface area contributed by atoms with Gasteiger partial charge in [-0.25, -0.2) is 9.67 Å². The van der Waals surface area contributed by atoms with Crippen LogP contribution in [0.4, 0.5) is 5.82 Å². The van der Waals surface area contributed by atoms with Gasteiger partial charge in [-0.05, 0) is 30.9 Å². The number of pyridine rings is 1. The van der Waals surface area contributed by atoms with Gasteiger partial charge in [-0.2, -0.15) is 18.8 Å². The van der Waals surface area contributed by atoms with Crippen LogP contribution in [0.2, 0.25) is 0 Å². The third-order valence-electron chi connectivity index (χ3n) is 6.34. The number of nitrogens with two attached hydrogens (primary N) is 1. The molecular weight excluding hydrogens is 450 g/mol. The van der Waals surface area contributed by atoms with Gasteiger partial charge in [-0.3, -0.25) is 4.18 Å². The van der Waals surface area contributed by atoms with E-state index >= 15 is 0 Å². The van der Waals surface area contributed by atoms with E-state index in [0.29, 0.717) is 29.9 Å². The van der Waals surface area contributed by atoms with Gasteiger partial charge in [0.05, 0.1) is 30.1 Å². The molecule has 2 N–H and O–H groups in total. The van der Waals surface area contributed by atoms with Crippen LogP contribution in [0.15, 0.2) is 60.7 Å². The number of benzene rings is 2. The molecule has 4 aromatic rings. The number of aromatic nitrogens is 3. The Bertz CT molecular complexity index is 1520. The van der Waals surface area contributed by atoms with Crippen molar-refractivity contribution in [1.29, 1.82) is 5.26 Å². The molecule has 0 unspecified atom stereocenters. The van der Waals surface area contributed by atoms with Crippen molar-refractivity contribution in [2.45, 2.75) is 18.9 Å². The molecule has 1 aliphatic carbocycles. The van der Waals surface area contributed by atoms with E-state index in [1.165, 1.54) is 7.11 Å². The van der Waals surface area contributed by atoms with Crippen LogP contribution in [-0.4, -0.2) is 36.0 Å². The SMILES string of the molecule is COS(=O)(=O)CC1CC(n2nc(-c3ccc4ccc(-c5ccccc5)nc4c3)c(C#N)c2N)C1. The van der Waals surface area contributed by atoms with E-state index < -0.39 is 10.1 Å². The van der Waals surface area contributed by atoms with Crippen molar-refractivity contribution < 1.29 is 12.6 Å². The lowest BCUT2D eigenvalue weighted by Crippen LogP contribution is -2.33. The molecule has 8 nitrogen and oxygen atoms in total. The zero-order valence-electron chi connectivity index (χ0n) is 18.5. The summed E-state index contributed by atoms with van der Waals surface area (Å²) in [5, 5.41) is 15.4. The summed E-state index contributed by atoms with van der Waals surface area (Å²) in [4.78, 5) is 4.81. The van der Waals surface area contributed by atoms with Crippen LogP contribution in [0.5, 0.6) is 0 Å². The lowest BCUT2D eigenvalue weighted by molar-refractivity contribution is 0.201. The second-order valence-electron chi connectivity index (χ2n) is 8.52. The summed E-state index contributed by atoms with van der Waals surface area (Å²) >= 11 is 0. The van der Waals surface area contributed by atoms with E-state index in [-0.39, 0.29) is 17.7 Å². The number of nitrogens with zero attached hydrogens (tertiary/aromatic N) is 4. The van der Waals surface area contributed by atoms with Gasteiger partial charge in [-0.1, -0.05) is 48.5 Å². The average molecular weight is 474 g/mol. The highest BCUT2D eigenvalue weighted by Gasteiger charge is 2.36. The minimum absolute atomic E-state index is 0.0196. The number of rotatable bonds is 6. The van der Waals surface area contributed by atoms with Crippen LogP contribution in [0.1, 0.15) is 24.4 Å². The molecule has 2 heterocycles. The van der Waals surface area contributed by atoms with Crippen LogP contribution in [0, 0.1) is 17.2 Å². The lowest BCUT2D eigenvalue weighted by Gasteiger charge is -2.35. The number of hydrogen-bond acceptors (Lipinski definition) is 7. The third kappa shape index (κ3) is 4.02. The van der Waals surface area contributed by atoms with Crippen LogP contribution in [-0.2, 0) is 14.3 Å². The van der Waals surface area contributed by atoms with E-state index in [9.17, 15) is 13.7 Å². The molecular formula is C25H23N5O3S. The fraction of sp³-hybridized carbons (Fsp3) is 0.240. The molecule has 34 heavy (non-hydrogen) atoms. The second kappa shape index (κ2) is 8.56. The van der Waals surface area contributed by atoms with Crippen molar-refractivity contribution in [3.05, 3.63) is 66.2 Å². The second-order valence-corrected chi connectivity index (χ2v) is 10.3. The minimum atomic E-state index is -3.51. The molecule has 1 aliphatic rings. The standard InChI is InChI=1S/C25H23N5O3S/c1-33-34(31,32)15-16-11-20(12-16)30-25(27)21(14-26)24(29-30)19-8-7-18-9-10-22(28-23(18)13-19)17-5-3-2-4-6-17/h2-10,13,16,20H,11-12,15,27H2,1H3. The maximum atomic E-state index is 11.7. The summed E-state index contributed by atoms with van der Waals surface area (Å²) in [6.07, 6.45) is 1.22. The first-order valence-corrected chi connectivity index (χ1v) is 12.5. The van der Waals surface area contributed by atoms with Gasteiger partial charge >= 0.3 is 0 Å². The van der Waals surface area contributed by atoms with Crippen molar-refractivity contribution in [3.8, 4) is 28.6 Å². The monoisotopic (exact) mass is 473 g/mol. The zero-order chi connectivity index (χ0) is 23.9. The van der Waals surface area contributed by atoms with Gasteiger partial charge in [0.1, 0.15) is 23.1 Å². The molecule has 0 radical (unpaired) electrons. The van der Waals surface area contributed by atoms with E-state index in [0.717, 1.165) is 27.7 Å². The molecule has 0 bridgehead atoms. The Hall–Kier alpha value is -3.74. The summed E-state index contributed by atoms with van der Waals surface area (Å²) in [6.45, 7) is 0. The first-order chi connectivity index (χ1) is 16.4. The van der Waals surface area contributed by atoms with Gasteiger partial charge in [0.2, 0.25) is 0 Å². The van der Waals surface area contributed by atoms with Crippen molar-refractivity contribution in [2.24, 2.45) is 5.92 Å². The molecule has 172 valence electrons. The molecule has 0 amide bonds. The predicted octanol–water partition coefficient (Wildman–Crippen LogP) is 4.15. The van der Waals surface area contributed by atoms with Crippen LogP contribution in [0.3, 0.4) is 0 Å². The average Bonchev–Trinajstić information content (AvgIpc) is 3.16. The minimum Gasteiger partial charge on any atom is -0.383 e. The van der Waals surface area contributed by atoms with Crippen LogP contribution in [0.25, 0.3) is 33.4 Å². The van der Waals surface area contributed by atoms with Crippen molar-refractivity contribution in [1.82, 2.24) is 14.8 Å². The Kier molecular flexibility index (Phi) is 5.55. The quantitative estimate of drug-likeness (QED) is 0.417. The highest BCUT2D eigenvalue weighted by molar-refractivity contribution is 7.86. The van der Waals surface area contributed by atoms with Gasteiger partial charge in [0, 0.05) is 16.5 Å². The number of nitriles is 1. The van der Waals surface area contributed by atoms with Crippen molar-refractivity contribution >= 4 is 26.8 Å². The Morgan fingerprint density at radius 1 is 1.12 bits per heavy atom. The van der Waals surface area contributed by atoms with Gasteiger partial charge < -0.3 is 5.73 Å². The molecule has 5 rings (SSSR count). The largest absolute Gasteiger partial charge is 0.383 e. The van der Waals surface area contributed by atoms with Crippen molar-refractivity contribution in [3.63, 3.8) is 0 Å². The Morgan fingerprint density at radius 2 is 1.85 bits per heavy atom. The first kappa shape index (κ1) is 22.1. The van der Waals surface area contributed by atoms with Crippen LogP contribution < -0.4 is 5.73 Å². The molecule has 0 spiro atoms. The molecule has 0 saturated heterocycles. The summed E-state index contributed by atoms with van der Waals surface area (Å²) in [7, 11) is -2.34. The fourth-order valence-electron chi connectivity index (χ4n) is 4.47. The number of fused-ring (bicyclic) bond motifs is 1. The number of hydrogen-bond donors (Lipinski definition) is 1. The highest BCUT2D eigenvalue weighted by atomic mass is 32.2. The van der Waals surface area contributed by atoms with Gasteiger partial charge in [-0.15, -0.1) is 0 Å². The molecule has 1 saturated carbocycles. The predicted molar refractivity (Wildman–Crippen MR) is 130 cm³/mol. The molecule has 2 aromatic heterocycles. The Morgan fingerprint density at radius 3 is 2.56 bits per heavy atom. The van der Waals surface area contributed by atoms with Crippen LogP contribution >= 0.6 is 0 Å².